The predicted molar refractivity (Wildman–Crippen MR) is 321 cm³/mol. The molecule has 1 amide bonds. The van der Waals surface area contributed by atoms with Gasteiger partial charge < -0.3 is 23.8 Å². The third kappa shape index (κ3) is 12.3. The summed E-state index contributed by atoms with van der Waals surface area (Å²) in [6, 6.07) is 52.6. The number of aromatic nitrogens is 3. The van der Waals surface area contributed by atoms with Gasteiger partial charge in [0.2, 0.25) is 17.7 Å². The Morgan fingerprint density at radius 3 is 1.74 bits per heavy atom. The number of fused-ring (bicyclic) bond motifs is 1. The van der Waals surface area contributed by atoms with Crippen molar-refractivity contribution >= 4 is 72.4 Å². The topological polar surface area (TPSA) is 105 Å². The molecule has 3 aliphatic heterocycles. The van der Waals surface area contributed by atoms with Gasteiger partial charge in [-0.3, -0.25) is 14.6 Å². The van der Waals surface area contributed by atoms with Gasteiger partial charge in [0.1, 0.15) is 6.61 Å². The molecule has 2 atom stereocenters. The number of benzene rings is 5. The van der Waals surface area contributed by atoms with E-state index < -0.39 is 16.6 Å². The van der Waals surface area contributed by atoms with Crippen LogP contribution in [0.15, 0.2) is 164 Å². The summed E-state index contributed by atoms with van der Waals surface area (Å²) in [5.74, 6) is 1.88. The van der Waals surface area contributed by atoms with Gasteiger partial charge in [-0.1, -0.05) is 186 Å². The van der Waals surface area contributed by atoms with Crippen LogP contribution in [0.4, 0.5) is 5.95 Å². The molecule has 2 aromatic heterocycles. The number of nitrogens with zero attached hydrogens (tertiary/aromatic N) is 6. The van der Waals surface area contributed by atoms with Gasteiger partial charge in [0.05, 0.1) is 24.2 Å². The first kappa shape index (κ1) is 55.6. The largest absolute Gasteiger partial charge is 0.436 e. The molecule has 406 valence electrons. The molecule has 3 saturated heterocycles. The number of nitrogens with one attached hydrogen (secondary N) is 1. The van der Waals surface area contributed by atoms with Crippen molar-refractivity contribution in [2.24, 2.45) is 5.92 Å². The van der Waals surface area contributed by atoms with Gasteiger partial charge in [-0.2, -0.15) is 0 Å². The van der Waals surface area contributed by atoms with Gasteiger partial charge in [-0.15, -0.1) is 0 Å². The van der Waals surface area contributed by atoms with Gasteiger partial charge in [0.25, 0.3) is 16.6 Å². The molecule has 15 heteroatoms. The van der Waals surface area contributed by atoms with Gasteiger partial charge in [0, 0.05) is 67.0 Å². The maximum atomic E-state index is 13.6. The Morgan fingerprint density at radius 2 is 1.21 bits per heavy atom. The smallest absolute Gasteiger partial charge is 0.261 e. The Morgan fingerprint density at radius 1 is 0.667 bits per heavy atom. The first-order chi connectivity index (χ1) is 37.6. The number of pyridine rings is 1. The maximum Gasteiger partial charge on any atom is 0.261 e. The van der Waals surface area contributed by atoms with E-state index in [4.69, 9.17) is 51.7 Å². The standard InChI is InChI=1S/C63H73Cl2N7O4Si2/c1-62(2,3)77(54-19-11-7-12-20-54,55-21-13-8-14-22-55)74-45-59(73)66-39-46-27-29-70(30-28-46)42-47-33-58(48-35-49(64)37-50(65)36-48)69-60(34-47)75-53-40-67-61(68-41-53)72-32-31-71-44-52(38-51(71)43-72)76-78(63(4,5)6,56-23-15-9-16-24-56)57-25-17-10-18-26-57/h7-26,33-37,40-41,46,51-52H,27-32,38-39,42-45H2,1-6H3,(H,66,73)/t51-,52+/m1/s1. The molecule has 10 rings (SSSR count). The SMILES string of the molecule is CC(C)(C)[Si](OCC(=O)NCC1CCN(Cc2cc(Oc3cnc(N4CCN5C[C@@H](O[Si](c6ccccc6)(c6ccccc6)C(C)(C)C)C[C@@H]5C4)nc3)nc(-c3cc(Cl)cc(Cl)c3)c2)CC1)(c1ccccc1)c1ccccc1. The fraction of sp³-hybridized carbons (Fsp3) is 0.365. The number of anilines is 1. The zero-order valence-corrected chi connectivity index (χ0v) is 49.4. The summed E-state index contributed by atoms with van der Waals surface area (Å²) in [5.41, 5.74) is 2.54. The Balaban J connectivity index is 0.767. The molecule has 0 bridgehead atoms. The fourth-order valence-electron chi connectivity index (χ4n) is 12.3. The Hall–Kier alpha value is -5.75. The summed E-state index contributed by atoms with van der Waals surface area (Å²) in [7, 11) is -5.52. The summed E-state index contributed by atoms with van der Waals surface area (Å²) in [6.07, 6.45) is 6.45. The summed E-state index contributed by atoms with van der Waals surface area (Å²) in [5, 5.41) is 8.93. The molecule has 0 unspecified atom stereocenters. The monoisotopic (exact) mass is 1120 g/mol. The van der Waals surface area contributed by atoms with Crippen molar-refractivity contribution in [3.8, 4) is 22.9 Å². The normalized spacial score (nSPS) is 17.9. The lowest BCUT2D eigenvalue weighted by Crippen LogP contribution is -2.67. The molecule has 7 aromatic rings. The minimum absolute atomic E-state index is 0.00920. The number of carbonyl (C=O) groups excluding carboxylic acids is 1. The lowest BCUT2D eigenvalue weighted by atomic mass is 9.96. The van der Waals surface area contributed by atoms with Crippen molar-refractivity contribution in [3.05, 3.63) is 180 Å². The molecule has 1 N–H and O–H groups in total. The maximum absolute atomic E-state index is 13.6. The fourth-order valence-corrected chi connectivity index (χ4v) is 22.0. The van der Waals surface area contributed by atoms with Gasteiger partial charge in [-0.05, 0) is 98.9 Å². The second-order valence-electron chi connectivity index (χ2n) is 23.4. The molecular formula is C63H73Cl2N7O4Si2. The van der Waals surface area contributed by atoms with Crippen LogP contribution in [0.5, 0.6) is 11.6 Å². The number of ether oxygens (including phenoxy) is 1. The zero-order valence-electron chi connectivity index (χ0n) is 45.9. The minimum Gasteiger partial charge on any atom is -0.436 e. The van der Waals surface area contributed by atoms with Gasteiger partial charge >= 0.3 is 0 Å². The van der Waals surface area contributed by atoms with Crippen molar-refractivity contribution < 1.29 is 18.4 Å². The van der Waals surface area contributed by atoms with Gasteiger partial charge in [0.15, 0.2) is 5.75 Å². The van der Waals surface area contributed by atoms with Crippen molar-refractivity contribution in [2.45, 2.75) is 89.6 Å². The molecule has 78 heavy (non-hydrogen) atoms. The summed E-state index contributed by atoms with van der Waals surface area (Å²) < 4.78 is 21.0. The number of halogens is 2. The number of carbonyl (C=O) groups is 1. The van der Waals surface area contributed by atoms with Crippen LogP contribution in [0, 0.1) is 5.92 Å². The molecule has 3 aliphatic rings. The number of piperazine rings is 1. The van der Waals surface area contributed by atoms with Crippen LogP contribution in [-0.4, -0.2) is 112 Å². The van der Waals surface area contributed by atoms with E-state index in [1.165, 1.54) is 10.4 Å². The van der Waals surface area contributed by atoms with Crippen molar-refractivity contribution in [1.29, 1.82) is 0 Å². The molecule has 5 aromatic carbocycles. The highest BCUT2D eigenvalue weighted by Crippen LogP contribution is 2.41. The van der Waals surface area contributed by atoms with E-state index in [1.807, 2.05) is 30.3 Å². The highest BCUT2D eigenvalue weighted by atomic mass is 35.5. The van der Waals surface area contributed by atoms with Crippen molar-refractivity contribution in [1.82, 2.24) is 30.1 Å². The van der Waals surface area contributed by atoms with Crippen LogP contribution >= 0.6 is 23.2 Å². The third-order valence-electron chi connectivity index (χ3n) is 16.0. The molecule has 3 fully saturated rings. The molecular weight excluding hydrogens is 1050 g/mol. The number of hydrogen-bond donors (Lipinski definition) is 1. The first-order valence-corrected chi connectivity index (χ1v) is 32.1. The number of piperidine rings is 1. The number of likely N-dealkylation sites (tertiary alicyclic amines) is 1. The van der Waals surface area contributed by atoms with E-state index in [2.05, 4.69) is 177 Å². The molecule has 0 radical (unpaired) electrons. The quantitative estimate of drug-likeness (QED) is 0.0887. The molecule has 11 nitrogen and oxygen atoms in total. The van der Waals surface area contributed by atoms with Crippen LogP contribution in [-0.2, 0) is 20.2 Å². The average Bonchev–Trinajstić information content (AvgIpc) is 3.91. The second-order valence-corrected chi connectivity index (χ2v) is 32.8. The predicted octanol–water partition coefficient (Wildman–Crippen LogP) is 10.4. The lowest BCUT2D eigenvalue weighted by molar-refractivity contribution is -0.123. The molecule has 0 saturated carbocycles. The van der Waals surface area contributed by atoms with E-state index in [0.717, 1.165) is 80.0 Å². The summed E-state index contributed by atoms with van der Waals surface area (Å²) in [4.78, 5) is 35.6. The van der Waals surface area contributed by atoms with Gasteiger partial charge in [-0.25, -0.2) is 15.0 Å². The number of amides is 1. The van der Waals surface area contributed by atoms with E-state index in [9.17, 15) is 4.79 Å². The molecule has 0 aliphatic carbocycles. The van der Waals surface area contributed by atoms with Crippen LogP contribution in [0.25, 0.3) is 11.3 Å². The highest BCUT2D eigenvalue weighted by molar-refractivity contribution is 7.00. The first-order valence-electron chi connectivity index (χ1n) is 27.6. The second kappa shape index (κ2) is 23.9. The van der Waals surface area contributed by atoms with Crippen LogP contribution in [0.2, 0.25) is 20.1 Å². The van der Waals surface area contributed by atoms with Crippen LogP contribution < -0.4 is 35.7 Å². The van der Waals surface area contributed by atoms with E-state index in [1.54, 1.807) is 18.5 Å². The Bertz CT molecular complexity index is 3010. The zero-order chi connectivity index (χ0) is 54.5. The molecule has 5 heterocycles. The van der Waals surface area contributed by atoms with Crippen molar-refractivity contribution in [3.63, 3.8) is 0 Å². The number of rotatable bonds is 17. The minimum atomic E-state index is -2.83. The van der Waals surface area contributed by atoms with Crippen LogP contribution in [0.1, 0.15) is 66.4 Å². The lowest BCUT2D eigenvalue weighted by Gasteiger charge is -2.44. The average molecular weight is 1120 g/mol. The van der Waals surface area contributed by atoms with Crippen molar-refractivity contribution in [2.75, 3.05) is 57.3 Å². The van der Waals surface area contributed by atoms with E-state index in [-0.39, 0.29) is 28.7 Å². The van der Waals surface area contributed by atoms with E-state index in [0.29, 0.717) is 58.4 Å². The third-order valence-corrected chi connectivity index (χ3v) is 26.5. The summed E-state index contributed by atoms with van der Waals surface area (Å²) in [6.45, 7) is 20.3. The van der Waals surface area contributed by atoms with E-state index >= 15 is 0 Å². The van der Waals surface area contributed by atoms with Crippen LogP contribution in [0.3, 0.4) is 0 Å². The Kier molecular flexibility index (Phi) is 17.0. The Labute approximate surface area is 473 Å². The number of hydrogen-bond acceptors (Lipinski definition) is 10. The summed E-state index contributed by atoms with van der Waals surface area (Å²) >= 11 is 13.0. The molecule has 0 spiro atoms. The highest BCUT2D eigenvalue weighted by Gasteiger charge is 2.53.